The SMILES string of the molecule is Cc1cccc(NC(=O)NCC(=O)N(C)C(C)CN)c1. The van der Waals surface area contributed by atoms with Gasteiger partial charge < -0.3 is 21.3 Å². The number of hydrogen-bond acceptors (Lipinski definition) is 3. The standard InChI is InChI=1S/C14H22N4O2/c1-10-5-4-6-12(7-10)17-14(20)16-9-13(19)18(3)11(2)8-15/h4-7,11H,8-9,15H2,1-3H3,(H2,16,17,20). The molecule has 0 bridgehead atoms. The number of urea groups is 1. The summed E-state index contributed by atoms with van der Waals surface area (Å²) >= 11 is 0. The highest BCUT2D eigenvalue weighted by Crippen LogP contribution is 2.08. The van der Waals surface area contributed by atoms with Crippen LogP contribution in [0.25, 0.3) is 0 Å². The molecule has 1 unspecified atom stereocenters. The predicted octanol–water partition coefficient (Wildman–Crippen LogP) is 0.922. The lowest BCUT2D eigenvalue weighted by molar-refractivity contribution is -0.130. The Morgan fingerprint density at radius 2 is 2.10 bits per heavy atom. The normalized spacial score (nSPS) is 11.6. The van der Waals surface area contributed by atoms with Crippen LogP contribution in [-0.2, 0) is 4.79 Å². The first kappa shape index (κ1) is 16.0. The van der Waals surface area contributed by atoms with E-state index in [1.54, 1.807) is 13.1 Å². The number of carbonyl (C=O) groups excluding carboxylic acids is 2. The van der Waals surface area contributed by atoms with Crippen LogP contribution in [-0.4, -0.2) is 43.0 Å². The Labute approximate surface area is 119 Å². The van der Waals surface area contributed by atoms with Gasteiger partial charge in [0.15, 0.2) is 0 Å². The van der Waals surface area contributed by atoms with Crippen molar-refractivity contribution in [2.24, 2.45) is 5.73 Å². The number of anilines is 1. The second-order valence-electron chi connectivity index (χ2n) is 4.77. The summed E-state index contributed by atoms with van der Waals surface area (Å²) in [6, 6.07) is 6.98. The summed E-state index contributed by atoms with van der Waals surface area (Å²) in [6.45, 7) is 4.12. The third kappa shape index (κ3) is 4.89. The number of rotatable bonds is 5. The lowest BCUT2D eigenvalue weighted by Gasteiger charge is -2.23. The Hall–Kier alpha value is -2.08. The first-order valence-electron chi connectivity index (χ1n) is 6.51. The van der Waals surface area contributed by atoms with Crippen LogP contribution in [0.5, 0.6) is 0 Å². The van der Waals surface area contributed by atoms with Crippen LogP contribution in [0, 0.1) is 6.92 Å². The summed E-state index contributed by atoms with van der Waals surface area (Å²) in [7, 11) is 1.67. The second kappa shape index (κ2) is 7.49. The molecule has 0 radical (unpaired) electrons. The van der Waals surface area contributed by atoms with Crippen molar-refractivity contribution >= 4 is 17.6 Å². The van der Waals surface area contributed by atoms with Crippen molar-refractivity contribution in [1.82, 2.24) is 10.2 Å². The van der Waals surface area contributed by atoms with Crippen molar-refractivity contribution in [2.75, 3.05) is 25.5 Å². The first-order valence-corrected chi connectivity index (χ1v) is 6.51. The molecule has 20 heavy (non-hydrogen) atoms. The molecule has 0 aromatic heterocycles. The zero-order valence-corrected chi connectivity index (χ0v) is 12.1. The van der Waals surface area contributed by atoms with Crippen molar-refractivity contribution in [3.05, 3.63) is 29.8 Å². The van der Waals surface area contributed by atoms with Gasteiger partial charge in [-0.2, -0.15) is 0 Å². The largest absolute Gasteiger partial charge is 0.340 e. The van der Waals surface area contributed by atoms with Crippen molar-refractivity contribution in [3.63, 3.8) is 0 Å². The van der Waals surface area contributed by atoms with E-state index in [-0.39, 0.29) is 18.5 Å². The topological polar surface area (TPSA) is 87.5 Å². The van der Waals surface area contributed by atoms with Gasteiger partial charge in [0.2, 0.25) is 5.91 Å². The zero-order chi connectivity index (χ0) is 15.1. The summed E-state index contributed by atoms with van der Waals surface area (Å²) in [6.07, 6.45) is 0. The lowest BCUT2D eigenvalue weighted by Crippen LogP contribution is -2.45. The summed E-state index contributed by atoms with van der Waals surface area (Å²) in [5.41, 5.74) is 7.23. The van der Waals surface area contributed by atoms with Gasteiger partial charge in [0.1, 0.15) is 0 Å². The Morgan fingerprint density at radius 3 is 2.70 bits per heavy atom. The van der Waals surface area contributed by atoms with E-state index in [0.717, 1.165) is 5.56 Å². The molecular weight excluding hydrogens is 256 g/mol. The van der Waals surface area contributed by atoms with E-state index in [0.29, 0.717) is 12.2 Å². The Balaban J connectivity index is 2.42. The number of hydrogen-bond donors (Lipinski definition) is 3. The molecule has 1 aromatic rings. The number of nitrogens with two attached hydrogens (primary N) is 1. The number of amides is 3. The van der Waals surface area contributed by atoms with E-state index in [9.17, 15) is 9.59 Å². The molecule has 1 atom stereocenters. The summed E-state index contributed by atoms with van der Waals surface area (Å²) in [5.74, 6) is -0.178. The summed E-state index contributed by atoms with van der Waals surface area (Å²) in [4.78, 5) is 25.0. The van der Waals surface area contributed by atoms with Crippen molar-refractivity contribution in [1.29, 1.82) is 0 Å². The van der Waals surface area contributed by atoms with Crippen LogP contribution < -0.4 is 16.4 Å². The van der Waals surface area contributed by atoms with Gasteiger partial charge in [-0.15, -0.1) is 0 Å². The second-order valence-corrected chi connectivity index (χ2v) is 4.77. The Kier molecular flexibility index (Phi) is 5.99. The van der Waals surface area contributed by atoms with Crippen LogP contribution in [0.3, 0.4) is 0 Å². The summed E-state index contributed by atoms with van der Waals surface area (Å²) < 4.78 is 0. The van der Waals surface area contributed by atoms with Crippen LogP contribution in [0.4, 0.5) is 10.5 Å². The fourth-order valence-corrected chi connectivity index (χ4v) is 1.58. The van der Waals surface area contributed by atoms with E-state index >= 15 is 0 Å². The Bertz CT molecular complexity index is 476. The number of aryl methyl sites for hydroxylation is 1. The molecule has 3 amide bonds. The minimum atomic E-state index is -0.405. The maximum atomic E-state index is 11.8. The minimum Gasteiger partial charge on any atom is -0.340 e. The predicted molar refractivity (Wildman–Crippen MR) is 79.5 cm³/mol. The molecule has 0 aliphatic carbocycles. The molecule has 0 fully saturated rings. The van der Waals surface area contributed by atoms with Crippen LogP contribution in [0.15, 0.2) is 24.3 Å². The number of carbonyl (C=O) groups is 2. The molecule has 0 heterocycles. The zero-order valence-electron chi connectivity index (χ0n) is 12.1. The number of benzene rings is 1. The van der Waals surface area contributed by atoms with Crippen molar-refractivity contribution in [3.8, 4) is 0 Å². The first-order chi connectivity index (χ1) is 9.43. The van der Waals surface area contributed by atoms with Gasteiger partial charge in [-0.3, -0.25) is 4.79 Å². The minimum absolute atomic E-state index is 0.0517. The fourth-order valence-electron chi connectivity index (χ4n) is 1.58. The monoisotopic (exact) mass is 278 g/mol. The van der Waals surface area contributed by atoms with Gasteiger partial charge in [-0.05, 0) is 31.5 Å². The molecule has 0 saturated heterocycles. The average Bonchev–Trinajstić information content (AvgIpc) is 2.43. The van der Waals surface area contributed by atoms with E-state index in [2.05, 4.69) is 10.6 Å². The van der Waals surface area contributed by atoms with Crippen molar-refractivity contribution in [2.45, 2.75) is 19.9 Å². The Morgan fingerprint density at radius 1 is 1.40 bits per heavy atom. The maximum absolute atomic E-state index is 11.8. The van der Waals surface area contributed by atoms with Crippen LogP contribution in [0.1, 0.15) is 12.5 Å². The van der Waals surface area contributed by atoms with Crippen LogP contribution >= 0.6 is 0 Å². The molecule has 0 aliphatic rings. The maximum Gasteiger partial charge on any atom is 0.319 e. The number of nitrogens with zero attached hydrogens (tertiary/aromatic N) is 1. The quantitative estimate of drug-likeness (QED) is 0.748. The molecule has 1 aromatic carbocycles. The van der Waals surface area contributed by atoms with E-state index < -0.39 is 6.03 Å². The van der Waals surface area contributed by atoms with Gasteiger partial charge >= 0.3 is 6.03 Å². The lowest BCUT2D eigenvalue weighted by atomic mass is 10.2. The third-order valence-corrected chi connectivity index (χ3v) is 3.07. The molecule has 110 valence electrons. The van der Waals surface area contributed by atoms with Gasteiger partial charge in [-0.1, -0.05) is 12.1 Å². The van der Waals surface area contributed by atoms with E-state index in [1.165, 1.54) is 4.90 Å². The highest BCUT2D eigenvalue weighted by molar-refractivity contribution is 5.92. The smallest absolute Gasteiger partial charge is 0.319 e. The molecular formula is C14H22N4O2. The highest BCUT2D eigenvalue weighted by atomic mass is 16.2. The fraction of sp³-hybridized carbons (Fsp3) is 0.429. The molecule has 6 heteroatoms. The van der Waals surface area contributed by atoms with Crippen molar-refractivity contribution < 1.29 is 9.59 Å². The molecule has 1 rings (SSSR count). The van der Waals surface area contributed by atoms with E-state index in [4.69, 9.17) is 5.73 Å². The van der Waals surface area contributed by atoms with Gasteiger partial charge in [-0.25, -0.2) is 4.79 Å². The third-order valence-electron chi connectivity index (χ3n) is 3.07. The molecule has 0 aliphatic heterocycles. The summed E-state index contributed by atoms with van der Waals surface area (Å²) in [5, 5.41) is 5.20. The number of likely N-dealkylation sites (N-methyl/N-ethyl adjacent to an activating group) is 1. The molecule has 6 nitrogen and oxygen atoms in total. The molecule has 0 saturated carbocycles. The molecule has 4 N–H and O–H groups in total. The van der Waals surface area contributed by atoms with Gasteiger partial charge in [0.25, 0.3) is 0 Å². The molecule has 0 spiro atoms. The van der Waals surface area contributed by atoms with Gasteiger partial charge in [0, 0.05) is 25.3 Å². The van der Waals surface area contributed by atoms with Gasteiger partial charge in [0.05, 0.1) is 6.54 Å². The van der Waals surface area contributed by atoms with E-state index in [1.807, 2.05) is 32.0 Å². The highest BCUT2D eigenvalue weighted by Gasteiger charge is 2.14. The van der Waals surface area contributed by atoms with Crippen LogP contribution in [0.2, 0.25) is 0 Å². The average molecular weight is 278 g/mol. The number of nitrogens with one attached hydrogen (secondary N) is 2.